The van der Waals surface area contributed by atoms with Gasteiger partial charge >= 0.3 is 0 Å². The van der Waals surface area contributed by atoms with Crippen LogP contribution in [0.3, 0.4) is 0 Å². The highest BCUT2D eigenvalue weighted by Crippen LogP contribution is 2.32. The second kappa shape index (κ2) is 14.1. The number of morpholine rings is 1. The van der Waals surface area contributed by atoms with Crippen LogP contribution in [0.25, 0.3) is 0 Å². The lowest BCUT2D eigenvalue weighted by molar-refractivity contribution is -0.154. The molecule has 2 aromatic rings. The first-order valence-corrected chi connectivity index (χ1v) is 13.0. The summed E-state index contributed by atoms with van der Waals surface area (Å²) in [6.07, 6.45) is 1.44. The van der Waals surface area contributed by atoms with Crippen molar-refractivity contribution in [1.82, 2.24) is 4.90 Å². The van der Waals surface area contributed by atoms with E-state index in [4.69, 9.17) is 33.2 Å². The Hall–Kier alpha value is -3.01. The van der Waals surface area contributed by atoms with Crippen LogP contribution in [0.4, 0.5) is 0 Å². The summed E-state index contributed by atoms with van der Waals surface area (Å²) in [4.78, 5) is 14.7. The summed E-state index contributed by atoms with van der Waals surface area (Å²) in [5, 5.41) is 0. The molecule has 0 aromatic heterocycles. The molecule has 4 rings (SSSR count). The van der Waals surface area contributed by atoms with Crippen LogP contribution in [0.1, 0.15) is 19.8 Å². The molecular weight excluding hydrogens is 478 g/mol. The van der Waals surface area contributed by atoms with Crippen LogP contribution in [0.5, 0.6) is 23.0 Å². The summed E-state index contributed by atoms with van der Waals surface area (Å²) in [5.74, 6) is 2.37. The molecule has 9 nitrogen and oxygen atoms in total. The Morgan fingerprint density at radius 3 is 1.76 bits per heavy atom. The van der Waals surface area contributed by atoms with Gasteiger partial charge in [-0.25, -0.2) is 0 Å². The largest absolute Gasteiger partial charge is 0.487 e. The molecule has 0 saturated carbocycles. The molecule has 0 aliphatic carbocycles. The van der Waals surface area contributed by atoms with Gasteiger partial charge in [0.05, 0.1) is 26.4 Å². The summed E-state index contributed by atoms with van der Waals surface area (Å²) in [5.41, 5.74) is -0.878. The van der Waals surface area contributed by atoms with Crippen molar-refractivity contribution in [1.29, 1.82) is 0 Å². The van der Waals surface area contributed by atoms with Crippen molar-refractivity contribution in [2.45, 2.75) is 25.4 Å². The normalized spacial score (nSPS) is 18.7. The Morgan fingerprint density at radius 2 is 1.24 bits per heavy atom. The number of rotatable bonds is 5. The molecule has 2 aliphatic rings. The number of fused-ring (bicyclic) bond motifs is 2. The van der Waals surface area contributed by atoms with Crippen molar-refractivity contribution >= 4 is 5.91 Å². The Balaban J connectivity index is 1.56. The number of hydrogen-bond donors (Lipinski definition) is 0. The highest BCUT2D eigenvalue weighted by atomic mass is 16.6. The summed E-state index contributed by atoms with van der Waals surface area (Å²) in [6, 6.07) is 15.0. The molecule has 0 radical (unpaired) electrons. The average Bonchev–Trinajstić information content (AvgIpc) is 2.94. The molecule has 2 heterocycles. The zero-order valence-electron chi connectivity index (χ0n) is 21.5. The van der Waals surface area contributed by atoms with Gasteiger partial charge in [0.2, 0.25) is 5.91 Å². The maximum atomic E-state index is 12.9. The Labute approximate surface area is 218 Å². The molecule has 1 amide bonds. The van der Waals surface area contributed by atoms with Gasteiger partial charge in [-0.3, -0.25) is 4.79 Å². The molecule has 0 N–H and O–H groups in total. The third kappa shape index (κ3) is 7.99. The first kappa shape index (κ1) is 27.0. The first-order valence-electron chi connectivity index (χ1n) is 13.0. The van der Waals surface area contributed by atoms with E-state index in [1.54, 1.807) is 4.90 Å². The molecule has 2 aromatic carbocycles. The number of ether oxygens (including phenoxy) is 7. The van der Waals surface area contributed by atoms with E-state index in [1.165, 1.54) is 0 Å². The second-order valence-electron chi connectivity index (χ2n) is 8.99. The van der Waals surface area contributed by atoms with Gasteiger partial charge in [-0.2, -0.15) is 0 Å². The third-order valence-corrected chi connectivity index (χ3v) is 6.22. The molecule has 37 heavy (non-hydrogen) atoms. The van der Waals surface area contributed by atoms with E-state index in [2.05, 4.69) is 6.92 Å². The summed E-state index contributed by atoms with van der Waals surface area (Å²) < 4.78 is 41.8. The summed E-state index contributed by atoms with van der Waals surface area (Å²) in [6.45, 7) is 6.16. The minimum Gasteiger partial charge on any atom is -0.487 e. The Morgan fingerprint density at radius 1 is 0.757 bits per heavy atom. The number of carbonyl (C=O) groups is 1. The quantitative estimate of drug-likeness (QED) is 0.600. The van der Waals surface area contributed by atoms with Crippen LogP contribution in [0.2, 0.25) is 0 Å². The molecule has 1 fully saturated rings. The highest BCUT2D eigenvalue weighted by molar-refractivity contribution is 5.77. The van der Waals surface area contributed by atoms with Crippen LogP contribution >= 0.6 is 0 Å². The lowest BCUT2D eigenvalue weighted by Crippen LogP contribution is -2.49. The van der Waals surface area contributed by atoms with E-state index in [0.29, 0.717) is 82.1 Å². The second-order valence-corrected chi connectivity index (χ2v) is 8.99. The number of hydrogen-bond acceptors (Lipinski definition) is 8. The van der Waals surface area contributed by atoms with Gasteiger partial charge in [0.15, 0.2) is 23.0 Å². The van der Waals surface area contributed by atoms with Crippen molar-refractivity contribution in [3.63, 3.8) is 0 Å². The molecular formula is C28H37NO8. The van der Waals surface area contributed by atoms with Crippen LogP contribution in [0, 0.1) is 0 Å². The number of carbonyl (C=O) groups excluding carboxylic acids is 1. The van der Waals surface area contributed by atoms with Crippen LogP contribution in [-0.4, -0.2) is 89.0 Å². The van der Waals surface area contributed by atoms with E-state index in [-0.39, 0.29) is 25.7 Å². The van der Waals surface area contributed by atoms with Crippen molar-refractivity contribution < 1.29 is 38.0 Å². The molecule has 202 valence electrons. The van der Waals surface area contributed by atoms with E-state index in [0.717, 1.165) is 6.42 Å². The zero-order chi connectivity index (χ0) is 25.8. The molecule has 0 unspecified atom stereocenters. The van der Waals surface area contributed by atoms with Gasteiger partial charge in [0, 0.05) is 13.1 Å². The average molecular weight is 516 g/mol. The smallest absolute Gasteiger partial charge is 0.248 e. The molecule has 0 bridgehead atoms. The van der Waals surface area contributed by atoms with Crippen molar-refractivity contribution in [2.24, 2.45) is 0 Å². The maximum Gasteiger partial charge on any atom is 0.248 e. The topological polar surface area (TPSA) is 84.9 Å². The zero-order valence-corrected chi connectivity index (χ0v) is 21.5. The van der Waals surface area contributed by atoms with Crippen LogP contribution < -0.4 is 18.9 Å². The SMILES string of the molecule is CCCC1(OCC(=O)N2CCOCC2)COc2ccccc2OCCOCCOc2ccccc2OC1. The number of amides is 1. The maximum absolute atomic E-state index is 12.9. The monoisotopic (exact) mass is 515 g/mol. The van der Waals surface area contributed by atoms with Gasteiger partial charge < -0.3 is 38.1 Å². The predicted octanol–water partition coefficient (Wildman–Crippen LogP) is 3.35. The lowest BCUT2D eigenvalue weighted by Gasteiger charge is -2.35. The molecule has 9 heteroatoms. The summed E-state index contributed by atoms with van der Waals surface area (Å²) in [7, 11) is 0. The fourth-order valence-corrected chi connectivity index (χ4v) is 4.24. The van der Waals surface area contributed by atoms with E-state index < -0.39 is 5.60 Å². The molecule has 0 spiro atoms. The van der Waals surface area contributed by atoms with Crippen LogP contribution in [-0.2, 0) is 19.0 Å². The fraction of sp³-hybridized carbons (Fsp3) is 0.536. The fourth-order valence-electron chi connectivity index (χ4n) is 4.24. The van der Waals surface area contributed by atoms with E-state index in [1.807, 2.05) is 48.5 Å². The lowest BCUT2D eigenvalue weighted by atomic mass is 9.99. The Bertz CT molecular complexity index is 923. The van der Waals surface area contributed by atoms with Gasteiger partial charge in [0.1, 0.15) is 38.6 Å². The number of nitrogens with zero attached hydrogens (tertiary/aromatic N) is 1. The molecule has 0 atom stereocenters. The van der Waals surface area contributed by atoms with Crippen molar-refractivity contribution in [2.75, 3.05) is 72.6 Å². The Kier molecular flexibility index (Phi) is 10.3. The third-order valence-electron chi connectivity index (χ3n) is 6.22. The van der Waals surface area contributed by atoms with Gasteiger partial charge in [-0.15, -0.1) is 0 Å². The first-order chi connectivity index (χ1) is 18.2. The predicted molar refractivity (Wildman–Crippen MR) is 137 cm³/mol. The van der Waals surface area contributed by atoms with E-state index in [9.17, 15) is 4.79 Å². The van der Waals surface area contributed by atoms with Crippen molar-refractivity contribution in [3.05, 3.63) is 48.5 Å². The number of benzene rings is 2. The van der Waals surface area contributed by atoms with Gasteiger partial charge in [0.25, 0.3) is 0 Å². The standard InChI is InChI=1S/C28H37NO8/c1-2-11-28(37-20-27(30)29-12-14-31-15-13-29)21-35-25-9-5-3-7-23(25)33-18-16-32-17-19-34-24-8-4-6-10-26(24)36-22-28/h3-10H,2,11-22H2,1H3. The minimum atomic E-state index is -0.878. The van der Waals surface area contributed by atoms with Crippen LogP contribution in [0.15, 0.2) is 48.5 Å². The van der Waals surface area contributed by atoms with Crippen molar-refractivity contribution in [3.8, 4) is 23.0 Å². The number of para-hydroxylation sites is 4. The highest BCUT2D eigenvalue weighted by Gasteiger charge is 2.35. The van der Waals surface area contributed by atoms with E-state index >= 15 is 0 Å². The molecule has 2 aliphatic heterocycles. The van der Waals surface area contributed by atoms with Gasteiger partial charge in [-0.1, -0.05) is 37.6 Å². The summed E-state index contributed by atoms with van der Waals surface area (Å²) >= 11 is 0. The van der Waals surface area contributed by atoms with Gasteiger partial charge in [-0.05, 0) is 30.7 Å². The minimum absolute atomic E-state index is 0.0691. The molecule has 1 saturated heterocycles.